The maximum Gasteiger partial charge on any atom is 0.305 e. The van der Waals surface area contributed by atoms with Gasteiger partial charge in [-0.25, -0.2) is 0 Å². The standard InChI is InChI=1S/C47H67N7O13/c1-8-9-19-31(39(60)41(48)61)50-42(62)32(22-27(2)3)52-46(66)40(47(5,6)7)54-44(64)33(23-30-18-14-13-15-28(30)4)51-45(65)35(26-67-25-29-16-11-10-12-17-29)53-43(63)34(24-38(58)59)49-36(55)20-21-37(56)57/h10-18,27,31-35,40H,8-9,19-26H2,1-7H3,(H2,48,61)(H,49,55)(H,50,62)(H,51,65)(H,52,66)(H,53,63)(H,54,64)(H,56,57)(H,58,59)/t31-,32-,33-,34-,35-,40+/m0/s1. The lowest BCUT2D eigenvalue weighted by atomic mass is 9.85. The molecule has 2 aromatic rings. The summed E-state index contributed by atoms with van der Waals surface area (Å²) >= 11 is 0. The van der Waals surface area contributed by atoms with Crippen LogP contribution in [-0.2, 0) is 65.7 Å². The molecule has 0 spiro atoms. The predicted octanol–water partition coefficient (Wildman–Crippen LogP) is 1.34. The average Bonchev–Trinajstić information content (AvgIpc) is 3.24. The minimum Gasteiger partial charge on any atom is -0.481 e. The lowest BCUT2D eigenvalue weighted by Crippen LogP contribution is -2.62. The van der Waals surface area contributed by atoms with Crippen LogP contribution in [-0.4, -0.2) is 112 Å². The largest absolute Gasteiger partial charge is 0.481 e. The van der Waals surface area contributed by atoms with E-state index in [1.165, 1.54) is 0 Å². The van der Waals surface area contributed by atoms with Crippen molar-refractivity contribution in [2.75, 3.05) is 6.61 Å². The molecular weight excluding hydrogens is 871 g/mol. The number of carbonyl (C=O) groups excluding carboxylic acids is 8. The van der Waals surface area contributed by atoms with Crippen molar-refractivity contribution in [3.05, 3.63) is 71.3 Å². The summed E-state index contributed by atoms with van der Waals surface area (Å²) in [6, 6.07) is 7.26. The number of ketones is 1. The number of aryl methyl sites for hydroxylation is 1. The molecule has 10 N–H and O–H groups in total. The zero-order valence-electron chi connectivity index (χ0n) is 39.3. The zero-order valence-corrected chi connectivity index (χ0v) is 39.3. The number of nitrogens with two attached hydrogens (primary N) is 1. The molecule has 0 heterocycles. The summed E-state index contributed by atoms with van der Waals surface area (Å²) in [6.45, 7) is 11.7. The molecule has 2 rings (SSSR count). The molecule has 20 heteroatoms. The van der Waals surface area contributed by atoms with Crippen LogP contribution in [0.2, 0.25) is 0 Å². The molecule has 0 saturated heterocycles. The Balaban J connectivity index is 2.53. The van der Waals surface area contributed by atoms with Crippen molar-refractivity contribution in [3.63, 3.8) is 0 Å². The van der Waals surface area contributed by atoms with Gasteiger partial charge in [0.1, 0.15) is 30.2 Å². The van der Waals surface area contributed by atoms with Crippen molar-refractivity contribution >= 4 is 59.1 Å². The number of benzene rings is 2. The van der Waals surface area contributed by atoms with Crippen LogP contribution >= 0.6 is 0 Å². The number of amides is 7. The van der Waals surface area contributed by atoms with Crippen molar-refractivity contribution < 1.29 is 62.9 Å². The van der Waals surface area contributed by atoms with Gasteiger partial charge in [0.15, 0.2) is 0 Å². The molecule has 0 bridgehead atoms. The molecule has 368 valence electrons. The van der Waals surface area contributed by atoms with E-state index < -0.39 is 127 Å². The van der Waals surface area contributed by atoms with Gasteiger partial charge in [0.2, 0.25) is 41.2 Å². The number of carboxylic acid groups (broad SMARTS) is 2. The maximum atomic E-state index is 14.5. The second kappa shape index (κ2) is 27.7. The quantitative estimate of drug-likeness (QED) is 0.0521. The third-order valence-corrected chi connectivity index (χ3v) is 10.4. The molecule has 20 nitrogen and oxygen atoms in total. The monoisotopic (exact) mass is 937 g/mol. The highest BCUT2D eigenvalue weighted by Crippen LogP contribution is 2.21. The molecule has 7 amide bonds. The lowest BCUT2D eigenvalue weighted by molar-refractivity contribution is -0.142. The van der Waals surface area contributed by atoms with E-state index in [9.17, 15) is 53.1 Å². The summed E-state index contributed by atoms with van der Waals surface area (Å²) < 4.78 is 5.81. The third kappa shape index (κ3) is 20.6. The van der Waals surface area contributed by atoms with E-state index in [1.807, 2.05) is 20.8 Å². The fourth-order valence-electron chi connectivity index (χ4n) is 6.73. The normalized spacial score (nSPS) is 13.9. The average molecular weight is 938 g/mol. The van der Waals surface area contributed by atoms with E-state index in [1.54, 1.807) is 82.3 Å². The summed E-state index contributed by atoms with van der Waals surface area (Å²) in [7, 11) is 0. The Labute approximate surface area is 390 Å². The van der Waals surface area contributed by atoms with Crippen molar-refractivity contribution in [2.24, 2.45) is 17.1 Å². The fourth-order valence-corrected chi connectivity index (χ4v) is 6.73. The van der Waals surface area contributed by atoms with E-state index in [0.717, 1.165) is 5.56 Å². The number of primary amides is 1. The summed E-state index contributed by atoms with van der Waals surface area (Å²) in [5.74, 6) is -10.5. The Bertz CT molecular complexity index is 2050. The number of nitrogens with one attached hydrogen (secondary N) is 6. The number of hydrogen-bond acceptors (Lipinski definition) is 11. The van der Waals surface area contributed by atoms with E-state index in [-0.39, 0.29) is 31.8 Å². The molecule has 0 saturated carbocycles. The van der Waals surface area contributed by atoms with Crippen LogP contribution in [0.15, 0.2) is 54.6 Å². The van der Waals surface area contributed by atoms with Crippen LogP contribution in [0.3, 0.4) is 0 Å². The van der Waals surface area contributed by atoms with Gasteiger partial charge in [-0.15, -0.1) is 0 Å². The second-order valence-corrected chi connectivity index (χ2v) is 17.8. The first-order valence-corrected chi connectivity index (χ1v) is 22.2. The van der Waals surface area contributed by atoms with Gasteiger partial charge in [0.05, 0.1) is 32.1 Å². The second-order valence-electron chi connectivity index (χ2n) is 17.8. The van der Waals surface area contributed by atoms with Gasteiger partial charge >= 0.3 is 11.9 Å². The molecule has 0 aliphatic carbocycles. The smallest absolute Gasteiger partial charge is 0.305 e. The molecule has 67 heavy (non-hydrogen) atoms. The third-order valence-electron chi connectivity index (χ3n) is 10.4. The number of ether oxygens (including phenoxy) is 1. The Morgan fingerprint density at radius 1 is 0.657 bits per heavy atom. The number of carboxylic acids is 2. The van der Waals surface area contributed by atoms with Gasteiger partial charge in [0.25, 0.3) is 5.91 Å². The summed E-state index contributed by atoms with van der Waals surface area (Å²) in [5, 5.41) is 33.8. The summed E-state index contributed by atoms with van der Waals surface area (Å²) in [5.41, 5.74) is 6.32. The zero-order chi connectivity index (χ0) is 50.4. The van der Waals surface area contributed by atoms with Crippen molar-refractivity contribution in [2.45, 2.75) is 143 Å². The van der Waals surface area contributed by atoms with E-state index >= 15 is 0 Å². The number of Topliss-reactive ketones (excluding diaryl/α,β-unsaturated/α-hetero) is 1. The van der Waals surface area contributed by atoms with Gasteiger partial charge in [-0.2, -0.15) is 0 Å². The minimum absolute atomic E-state index is 0.0306. The van der Waals surface area contributed by atoms with Crippen LogP contribution in [0.5, 0.6) is 0 Å². The van der Waals surface area contributed by atoms with Gasteiger partial charge < -0.3 is 52.6 Å². The molecular formula is C47H67N7O13. The number of aliphatic carboxylic acids is 2. The van der Waals surface area contributed by atoms with Crippen LogP contribution < -0.4 is 37.6 Å². The van der Waals surface area contributed by atoms with E-state index in [0.29, 0.717) is 24.0 Å². The Hall–Kier alpha value is -6.70. The van der Waals surface area contributed by atoms with Crippen molar-refractivity contribution in [1.29, 1.82) is 0 Å². The van der Waals surface area contributed by atoms with Gasteiger partial charge in [-0.05, 0) is 47.8 Å². The number of unbranched alkanes of at least 4 members (excludes halogenated alkanes) is 1. The summed E-state index contributed by atoms with van der Waals surface area (Å²) in [4.78, 5) is 130. The molecule has 0 fully saturated rings. The first-order valence-electron chi connectivity index (χ1n) is 22.2. The van der Waals surface area contributed by atoms with E-state index in [2.05, 4.69) is 31.9 Å². The van der Waals surface area contributed by atoms with Gasteiger partial charge in [-0.3, -0.25) is 47.9 Å². The number of carbonyl (C=O) groups is 10. The Morgan fingerprint density at radius 3 is 1.78 bits per heavy atom. The van der Waals surface area contributed by atoms with Gasteiger partial charge in [-0.1, -0.05) is 109 Å². The predicted molar refractivity (Wildman–Crippen MR) is 244 cm³/mol. The van der Waals surface area contributed by atoms with Crippen LogP contribution in [0.25, 0.3) is 0 Å². The van der Waals surface area contributed by atoms with Gasteiger partial charge in [0, 0.05) is 12.8 Å². The van der Waals surface area contributed by atoms with Crippen LogP contribution in [0.4, 0.5) is 0 Å². The Morgan fingerprint density at radius 2 is 1.21 bits per heavy atom. The molecule has 0 radical (unpaired) electrons. The fraction of sp³-hybridized carbons (Fsp3) is 0.532. The first-order chi connectivity index (χ1) is 31.4. The topological polar surface area (TPSA) is 319 Å². The maximum absolute atomic E-state index is 14.5. The molecule has 0 unspecified atom stereocenters. The number of rotatable bonds is 29. The Kier molecular flexibility index (Phi) is 23.3. The lowest BCUT2D eigenvalue weighted by Gasteiger charge is -2.34. The minimum atomic E-state index is -1.74. The highest BCUT2D eigenvalue weighted by Gasteiger charge is 2.39. The molecule has 0 aliphatic heterocycles. The highest BCUT2D eigenvalue weighted by molar-refractivity contribution is 6.37. The van der Waals surface area contributed by atoms with Crippen molar-refractivity contribution in [3.8, 4) is 0 Å². The number of hydrogen-bond donors (Lipinski definition) is 9. The molecule has 2 aromatic carbocycles. The summed E-state index contributed by atoms with van der Waals surface area (Å²) in [6.07, 6.45) is -0.806. The van der Waals surface area contributed by atoms with Crippen molar-refractivity contribution in [1.82, 2.24) is 31.9 Å². The SMILES string of the molecule is CCCC[C@H](NC(=O)[C@H](CC(C)C)NC(=O)[C@@H](NC(=O)[C@H](Cc1ccccc1C)NC(=O)[C@H](COCc1ccccc1)NC(=O)[C@H](CC(=O)O)NC(=O)CCC(=O)O)C(C)(C)C)C(=O)C(N)=O. The van der Waals surface area contributed by atoms with Crippen LogP contribution in [0, 0.1) is 18.3 Å². The molecule has 0 aliphatic rings. The molecule has 0 aromatic heterocycles. The molecule has 6 atom stereocenters. The highest BCUT2D eigenvalue weighted by atomic mass is 16.5. The first kappa shape index (κ1) is 56.4. The van der Waals surface area contributed by atoms with Crippen LogP contribution in [0.1, 0.15) is 103 Å². The van der Waals surface area contributed by atoms with E-state index in [4.69, 9.17) is 15.6 Å².